The van der Waals surface area contributed by atoms with Gasteiger partial charge in [-0.3, -0.25) is 0 Å². The molecule has 3 aromatic rings. The Morgan fingerprint density at radius 1 is 1.27 bits per heavy atom. The topological polar surface area (TPSA) is 39.9 Å². The number of ether oxygens (including phenoxy) is 1. The summed E-state index contributed by atoms with van der Waals surface area (Å²) in [6.07, 6.45) is 4.73. The standard InChI is InChI=1S/C19H15ClF2N3O/c20-17-4-2-1-3-14(17)15-7-8-26-19(15,10-25-12-23-11-24-25)16-6-5-13(21)9-18(16)22/h1-6,9,11,15H,7-8,10H2/t15-,19-/m0/s1. The first-order valence-corrected chi connectivity index (χ1v) is 8.57. The van der Waals surface area contributed by atoms with Crippen LogP contribution < -0.4 is 0 Å². The molecule has 1 saturated heterocycles. The third-order valence-corrected chi connectivity index (χ3v) is 5.15. The van der Waals surface area contributed by atoms with Crippen molar-refractivity contribution >= 4 is 11.6 Å². The van der Waals surface area contributed by atoms with Crippen LogP contribution in [0.5, 0.6) is 0 Å². The molecule has 1 aliphatic rings. The lowest BCUT2D eigenvalue weighted by Gasteiger charge is -2.35. The predicted molar refractivity (Wildman–Crippen MR) is 91.7 cm³/mol. The van der Waals surface area contributed by atoms with Gasteiger partial charge >= 0.3 is 0 Å². The normalized spacial score (nSPS) is 22.7. The van der Waals surface area contributed by atoms with Crippen molar-refractivity contribution in [3.63, 3.8) is 0 Å². The van der Waals surface area contributed by atoms with Crippen molar-refractivity contribution in [3.8, 4) is 0 Å². The number of hydrogen-bond donors (Lipinski definition) is 0. The lowest BCUT2D eigenvalue weighted by molar-refractivity contribution is -0.0301. The largest absolute Gasteiger partial charge is 0.368 e. The molecule has 0 bridgehead atoms. The maximum absolute atomic E-state index is 14.8. The van der Waals surface area contributed by atoms with E-state index >= 15 is 0 Å². The molecule has 0 spiro atoms. The molecule has 4 nitrogen and oxygen atoms in total. The lowest BCUT2D eigenvalue weighted by atomic mass is 9.77. The molecule has 133 valence electrons. The van der Waals surface area contributed by atoms with Gasteiger partial charge in [0.1, 0.15) is 23.6 Å². The Kier molecular flexibility index (Phi) is 4.46. The highest BCUT2D eigenvalue weighted by Crippen LogP contribution is 2.50. The van der Waals surface area contributed by atoms with Crippen LogP contribution in [-0.2, 0) is 16.9 Å². The van der Waals surface area contributed by atoms with Crippen LogP contribution in [0, 0.1) is 18.0 Å². The molecular formula is C19H15ClF2N3O. The fraction of sp³-hybridized carbons (Fsp3) is 0.263. The number of hydrogen-bond acceptors (Lipinski definition) is 3. The average molecular weight is 375 g/mol. The molecule has 2 aromatic carbocycles. The number of aromatic nitrogens is 3. The second-order valence-electron chi connectivity index (χ2n) is 6.24. The minimum atomic E-state index is -1.09. The zero-order valence-electron chi connectivity index (χ0n) is 13.7. The van der Waals surface area contributed by atoms with Gasteiger partial charge in [-0.2, -0.15) is 5.10 Å². The van der Waals surface area contributed by atoms with Crippen molar-refractivity contribution < 1.29 is 13.5 Å². The number of halogens is 3. The Balaban J connectivity index is 1.88. The molecule has 0 aliphatic carbocycles. The van der Waals surface area contributed by atoms with Gasteiger partial charge < -0.3 is 4.74 Å². The predicted octanol–water partition coefficient (Wildman–Crippen LogP) is 4.11. The summed E-state index contributed by atoms with van der Waals surface area (Å²) in [5, 5.41) is 4.67. The molecule has 0 amide bonds. The summed E-state index contributed by atoms with van der Waals surface area (Å²) in [5.41, 5.74) is 0.0354. The summed E-state index contributed by atoms with van der Waals surface area (Å²) in [7, 11) is 0. The smallest absolute Gasteiger partial charge is 0.196 e. The average Bonchev–Trinajstić information content (AvgIpc) is 3.26. The fourth-order valence-corrected chi connectivity index (χ4v) is 3.97. The molecule has 2 atom stereocenters. The molecule has 0 saturated carbocycles. The molecular weight excluding hydrogens is 360 g/mol. The minimum Gasteiger partial charge on any atom is -0.368 e. The molecule has 1 aliphatic heterocycles. The van der Waals surface area contributed by atoms with Gasteiger partial charge in [0.25, 0.3) is 0 Å². The van der Waals surface area contributed by atoms with E-state index in [0.29, 0.717) is 18.1 Å². The summed E-state index contributed by atoms with van der Waals surface area (Å²) in [6.45, 7) is 0.604. The van der Waals surface area contributed by atoms with E-state index in [1.807, 2.05) is 18.2 Å². The van der Waals surface area contributed by atoms with Gasteiger partial charge in [0.15, 0.2) is 6.33 Å². The van der Waals surface area contributed by atoms with Crippen molar-refractivity contribution in [2.75, 3.05) is 6.61 Å². The number of rotatable bonds is 4. The van der Waals surface area contributed by atoms with Crippen LogP contribution >= 0.6 is 11.6 Å². The maximum Gasteiger partial charge on any atom is 0.196 e. The van der Waals surface area contributed by atoms with E-state index in [0.717, 1.165) is 11.6 Å². The Hall–Kier alpha value is -2.31. The van der Waals surface area contributed by atoms with Crippen LogP contribution in [0.3, 0.4) is 0 Å². The molecule has 26 heavy (non-hydrogen) atoms. The van der Waals surface area contributed by atoms with Gasteiger partial charge in [-0.25, -0.2) is 18.4 Å². The van der Waals surface area contributed by atoms with Gasteiger partial charge in [0.2, 0.25) is 0 Å². The Labute approximate surface area is 154 Å². The van der Waals surface area contributed by atoms with Gasteiger partial charge in [0, 0.05) is 29.2 Å². The molecule has 7 heteroatoms. The fourth-order valence-electron chi connectivity index (χ4n) is 3.70. The highest BCUT2D eigenvalue weighted by Gasteiger charge is 2.49. The van der Waals surface area contributed by atoms with E-state index in [1.54, 1.807) is 6.07 Å². The molecule has 1 fully saturated rings. The highest BCUT2D eigenvalue weighted by atomic mass is 35.5. The summed E-state index contributed by atoms with van der Waals surface area (Å²) < 4.78 is 35.8. The molecule has 0 unspecified atom stereocenters. The molecule has 1 radical (unpaired) electrons. The lowest BCUT2D eigenvalue weighted by Crippen LogP contribution is -2.37. The molecule has 2 heterocycles. The third-order valence-electron chi connectivity index (χ3n) is 4.80. The second kappa shape index (κ2) is 6.78. The molecule has 1 aromatic heterocycles. The first-order chi connectivity index (χ1) is 12.6. The first-order valence-electron chi connectivity index (χ1n) is 8.19. The maximum atomic E-state index is 14.8. The molecule has 0 N–H and O–H groups in total. The van der Waals surface area contributed by atoms with E-state index in [2.05, 4.69) is 16.4 Å². The highest BCUT2D eigenvalue weighted by molar-refractivity contribution is 6.31. The third kappa shape index (κ3) is 2.89. The van der Waals surface area contributed by atoms with Crippen molar-refractivity contribution in [2.45, 2.75) is 24.5 Å². The van der Waals surface area contributed by atoms with Crippen molar-refractivity contribution in [3.05, 3.63) is 82.9 Å². The Morgan fingerprint density at radius 3 is 2.85 bits per heavy atom. The number of benzene rings is 2. The monoisotopic (exact) mass is 374 g/mol. The van der Waals surface area contributed by atoms with E-state index in [4.69, 9.17) is 16.3 Å². The van der Waals surface area contributed by atoms with Crippen LogP contribution in [0.15, 0.2) is 48.8 Å². The summed E-state index contributed by atoms with van der Waals surface area (Å²) >= 11 is 6.41. The first kappa shape index (κ1) is 17.1. The van der Waals surface area contributed by atoms with Crippen molar-refractivity contribution in [1.82, 2.24) is 14.8 Å². The Bertz CT molecular complexity index is 919. The second-order valence-corrected chi connectivity index (χ2v) is 6.65. The molecule has 4 rings (SSSR count). The van der Waals surface area contributed by atoms with Gasteiger partial charge in [0.05, 0.1) is 6.54 Å². The SMILES string of the molecule is Fc1ccc([C@@]2(Cn3[c]ncn3)OCC[C@H]2c2ccccc2Cl)c(F)c1. The minimum absolute atomic E-state index is 0.186. The van der Waals surface area contributed by atoms with Crippen LogP contribution in [0.25, 0.3) is 0 Å². The van der Waals surface area contributed by atoms with Crippen LogP contribution in [0.4, 0.5) is 8.78 Å². The van der Waals surface area contributed by atoms with Crippen LogP contribution in [0.1, 0.15) is 23.5 Å². The Morgan fingerprint density at radius 2 is 2.12 bits per heavy atom. The van der Waals surface area contributed by atoms with E-state index in [9.17, 15) is 8.78 Å². The van der Waals surface area contributed by atoms with E-state index in [1.165, 1.54) is 23.1 Å². The van der Waals surface area contributed by atoms with Crippen LogP contribution in [-0.4, -0.2) is 21.4 Å². The van der Waals surface area contributed by atoms with E-state index < -0.39 is 17.2 Å². The quantitative estimate of drug-likeness (QED) is 0.690. The van der Waals surface area contributed by atoms with Gasteiger partial charge in [-0.05, 0) is 24.1 Å². The summed E-state index contributed by atoms with van der Waals surface area (Å²) in [6, 6.07) is 11.0. The number of nitrogens with zero attached hydrogens (tertiary/aromatic N) is 3. The van der Waals surface area contributed by atoms with Crippen molar-refractivity contribution in [1.29, 1.82) is 0 Å². The van der Waals surface area contributed by atoms with Gasteiger partial charge in [-0.15, -0.1) is 0 Å². The van der Waals surface area contributed by atoms with Crippen LogP contribution in [0.2, 0.25) is 5.02 Å². The van der Waals surface area contributed by atoms with Gasteiger partial charge in [-0.1, -0.05) is 35.9 Å². The summed E-state index contributed by atoms with van der Waals surface area (Å²) in [4.78, 5) is 3.83. The summed E-state index contributed by atoms with van der Waals surface area (Å²) in [5.74, 6) is -1.53. The zero-order valence-corrected chi connectivity index (χ0v) is 14.5. The van der Waals surface area contributed by atoms with E-state index in [-0.39, 0.29) is 18.0 Å². The zero-order chi connectivity index (χ0) is 18.1. The van der Waals surface area contributed by atoms with Crippen molar-refractivity contribution in [2.24, 2.45) is 0 Å².